The minimum atomic E-state index is -3.90. The third kappa shape index (κ3) is 9.39. The maximum Gasteiger partial charge on any atom is 0.287 e. The first kappa shape index (κ1) is 14.8. The smallest absolute Gasteiger partial charge is 0.287 e. The van der Waals surface area contributed by atoms with Gasteiger partial charge >= 0.3 is 0 Å². The van der Waals surface area contributed by atoms with Crippen molar-refractivity contribution in [1.29, 1.82) is 0 Å². The minimum Gasteiger partial charge on any atom is -0.305 e. The number of nitrogens with zero attached hydrogens (tertiary/aromatic N) is 1. The summed E-state index contributed by atoms with van der Waals surface area (Å²) in [6.45, 7) is 3.82. The third-order valence-electron chi connectivity index (χ3n) is 1.55. The molecule has 16 heavy (non-hydrogen) atoms. The van der Waals surface area contributed by atoms with E-state index in [1.807, 2.05) is 6.07 Å². The fourth-order valence-corrected chi connectivity index (χ4v) is 0.949. The van der Waals surface area contributed by atoms with Crippen molar-refractivity contribution < 1.29 is 13.0 Å². The van der Waals surface area contributed by atoms with E-state index in [4.69, 9.17) is 4.55 Å². The number of rotatable bonds is 3. The van der Waals surface area contributed by atoms with Crippen LogP contribution in [0.5, 0.6) is 0 Å². The van der Waals surface area contributed by atoms with Crippen molar-refractivity contribution in [3.8, 4) is 0 Å². The van der Waals surface area contributed by atoms with Gasteiger partial charge in [0.15, 0.2) is 0 Å². The Bertz CT molecular complexity index is 387. The Balaban J connectivity index is 0.000000325. The van der Waals surface area contributed by atoms with Crippen LogP contribution in [0.3, 0.4) is 0 Å². The molecule has 0 aliphatic rings. The van der Waals surface area contributed by atoms with Crippen molar-refractivity contribution in [2.24, 2.45) is 0 Å². The third-order valence-corrected chi connectivity index (χ3v) is 1.97. The second kappa shape index (κ2) is 7.16. The summed E-state index contributed by atoms with van der Waals surface area (Å²) in [7, 11) is 0.255. The first-order valence-corrected chi connectivity index (χ1v) is 6.14. The number of benzene rings is 1. The molecule has 1 aromatic carbocycles. The normalized spacial score (nSPS) is 10.5. The molecule has 0 fully saturated rings. The Morgan fingerprint density at radius 2 is 1.75 bits per heavy atom. The summed E-state index contributed by atoms with van der Waals surface area (Å²) < 4.78 is 26.6. The molecule has 0 bridgehead atoms. The molecule has 0 saturated carbocycles. The summed E-state index contributed by atoms with van der Waals surface area (Å²) in [4.78, 5) is 2.16. The lowest BCUT2D eigenvalue weighted by Gasteiger charge is -2.08. The van der Waals surface area contributed by atoms with Gasteiger partial charge in [0.25, 0.3) is 10.1 Å². The van der Waals surface area contributed by atoms with E-state index >= 15 is 0 Å². The van der Waals surface area contributed by atoms with Crippen molar-refractivity contribution >= 4 is 10.1 Å². The molecular formula is C11H17NO3S. The van der Waals surface area contributed by atoms with Gasteiger partial charge in [-0.3, -0.25) is 4.55 Å². The molecule has 4 nitrogen and oxygen atoms in total. The molecular weight excluding hydrogens is 226 g/mol. The highest BCUT2D eigenvalue weighted by Gasteiger charge is 1.90. The van der Waals surface area contributed by atoms with Gasteiger partial charge in [-0.25, -0.2) is 0 Å². The predicted molar refractivity (Wildman–Crippen MR) is 65.6 cm³/mol. The zero-order chi connectivity index (χ0) is 12.6. The average Bonchev–Trinajstić information content (AvgIpc) is 2.18. The fourth-order valence-electron chi connectivity index (χ4n) is 0.949. The van der Waals surface area contributed by atoms with Crippen LogP contribution in [0.4, 0.5) is 0 Å². The second-order valence-corrected chi connectivity index (χ2v) is 4.77. The molecule has 1 rings (SSSR count). The standard InChI is InChI=1S/C9H13N.C2H4O3S/c1-10(2)8-9-6-4-3-5-7-9;1-2-6(3,4)5/h3-7H,8H2,1-2H3;2H,1H2,(H,3,4,5). The zero-order valence-electron chi connectivity index (χ0n) is 9.50. The topological polar surface area (TPSA) is 57.6 Å². The van der Waals surface area contributed by atoms with Crippen LogP contribution in [0.1, 0.15) is 5.56 Å². The molecule has 0 spiro atoms. The highest BCUT2D eigenvalue weighted by Crippen LogP contribution is 1.99. The molecule has 0 aliphatic heterocycles. The maximum absolute atomic E-state index is 9.44. The van der Waals surface area contributed by atoms with Crippen LogP contribution in [0.25, 0.3) is 0 Å². The van der Waals surface area contributed by atoms with Gasteiger partial charge in [0.05, 0.1) is 5.41 Å². The molecule has 1 aromatic rings. The molecule has 1 N–H and O–H groups in total. The highest BCUT2D eigenvalue weighted by molar-refractivity contribution is 7.88. The predicted octanol–water partition coefficient (Wildman–Crippen LogP) is 1.77. The molecule has 0 aromatic heterocycles. The van der Waals surface area contributed by atoms with Gasteiger partial charge in [0.1, 0.15) is 0 Å². The van der Waals surface area contributed by atoms with Crippen LogP contribution in [0, 0.1) is 0 Å². The van der Waals surface area contributed by atoms with Gasteiger partial charge in [0.2, 0.25) is 0 Å². The van der Waals surface area contributed by atoms with Crippen LogP contribution in [-0.4, -0.2) is 32.0 Å². The van der Waals surface area contributed by atoms with E-state index in [0.717, 1.165) is 6.54 Å². The Morgan fingerprint density at radius 3 is 2.06 bits per heavy atom. The summed E-state index contributed by atoms with van der Waals surface area (Å²) in [5, 5.41) is 0.465. The molecule has 0 saturated heterocycles. The van der Waals surface area contributed by atoms with Gasteiger partial charge in [-0.15, -0.1) is 0 Å². The molecule has 0 unspecified atom stereocenters. The Morgan fingerprint density at radius 1 is 1.31 bits per heavy atom. The van der Waals surface area contributed by atoms with E-state index in [2.05, 4.69) is 49.8 Å². The van der Waals surface area contributed by atoms with Gasteiger partial charge in [0, 0.05) is 6.54 Å². The minimum absolute atomic E-state index is 0.465. The van der Waals surface area contributed by atoms with Crippen molar-refractivity contribution in [1.82, 2.24) is 4.90 Å². The number of hydrogen-bond acceptors (Lipinski definition) is 3. The lowest BCUT2D eigenvalue weighted by atomic mass is 10.2. The molecule has 90 valence electrons. The summed E-state index contributed by atoms with van der Waals surface area (Å²) in [5.41, 5.74) is 1.37. The van der Waals surface area contributed by atoms with E-state index in [1.165, 1.54) is 5.56 Å². The van der Waals surface area contributed by atoms with E-state index in [0.29, 0.717) is 5.41 Å². The monoisotopic (exact) mass is 243 g/mol. The van der Waals surface area contributed by atoms with Crippen LogP contribution in [-0.2, 0) is 16.7 Å². The molecule has 0 aliphatic carbocycles. The molecule has 0 amide bonds. The van der Waals surface area contributed by atoms with Crippen molar-refractivity contribution in [3.63, 3.8) is 0 Å². The largest absolute Gasteiger partial charge is 0.305 e. The van der Waals surface area contributed by atoms with Crippen LogP contribution >= 0.6 is 0 Å². The first-order chi connectivity index (χ1) is 7.35. The highest BCUT2D eigenvalue weighted by atomic mass is 32.2. The maximum atomic E-state index is 9.44. The van der Waals surface area contributed by atoms with Gasteiger partial charge < -0.3 is 4.90 Å². The van der Waals surface area contributed by atoms with Crippen molar-refractivity contribution in [3.05, 3.63) is 47.9 Å². The van der Waals surface area contributed by atoms with E-state index in [1.54, 1.807) is 0 Å². The number of hydrogen-bond donors (Lipinski definition) is 1. The summed E-state index contributed by atoms with van der Waals surface area (Å²) >= 11 is 0. The summed E-state index contributed by atoms with van der Waals surface area (Å²) in [6.07, 6.45) is 0. The molecule has 0 heterocycles. The lowest BCUT2D eigenvalue weighted by Crippen LogP contribution is -2.10. The van der Waals surface area contributed by atoms with Crippen molar-refractivity contribution in [2.45, 2.75) is 6.54 Å². The quantitative estimate of drug-likeness (QED) is 0.822. The van der Waals surface area contributed by atoms with Gasteiger partial charge in [-0.05, 0) is 19.7 Å². The lowest BCUT2D eigenvalue weighted by molar-refractivity contribution is 0.402. The van der Waals surface area contributed by atoms with E-state index in [-0.39, 0.29) is 0 Å². The van der Waals surface area contributed by atoms with E-state index in [9.17, 15) is 8.42 Å². The SMILES string of the molecule is C=CS(=O)(=O)O.CN(C)Cc1ccccc1. The van der Waals surface area contributed by atoms with Gasteiger partial charge in [-0.1, -0.05) is 36.9 Å². The average molecular weight is 243 g/mol. The van der Waals surface area contributed by atoms with Crippen LogP contribution in [0.2, 0.25) is 0 Å². The van der Waals surface area contributed by atoms with Gasteiger partial charge in [-0.2, -0.15) is 8.42 Å². The molecule has 0 atom stereocenters. The summed E-state index contributed by atoms with van der Waals surface area (Å²) in [6, 6.07) is 10.5. The Hall–Kier alpha value is -1.17. The van der Waals surface area contributed by atoms with Crippen LogP contribution < -0.4 is 0 Å². The molecule has 5 heteroatoms. The second-order valence-electron chi connectivity index (χ2n) is 3.41. The summed E-state index contributed by atoms with van der Waals surface area (Å²) in [5.74, 6) is 0. The first-order valence-electron chi connectivity index (χ1n) is 4.63. The molecule has 0 radical (unpaired) electrons. The van der Waals surface area contributed by atoms with Crippen molar-refractivity contribution in [2.75, 3.05) is 14.1 Å². The van der Waals surface area contributed by atoms with E-state index < -0.39 is 10.1 Å². The Labute approximate surface area is 97.0 Å². The fraction of sp³-hybridized carbons (Fsp3) is 0.273. The van der Waals surface area contributed by atoms with Crippen LogP contribution in [0.15, 0.2) is 42.3 Å². The zero-order valence-corrected chi connectivity index (χ0v) is 10.3. The Kier molecular flexibility index (Phi) is 6.64.